The van der Waals surface area contributed by atoms with Crippen LogP contribution in [-0.4, -0.2) is 25.5 Å². The molecule has 21 heavy (non-hydrogen) atoms. The van der Waals surface area contributed by atoms with Crippen LogP contribution in [0.25, 0.3) is 0 Å². The number of anilines is 1. The van der Waals surface area contributed by atoms with Gasteiger partial charge in [-0.15, -0.1) is 0 Å². The van der Waals surface area contributed by atoms with Gasteiger partial charge in [0.15, 0.2) is 5.57 Å². The van der Waals surface area contributed by atoms with Crippen LogP contribution < -0.4 is 10.6 Å². The second-order valence-electron chi connectivity index (χ2n) is 3.78. The normalized spacial score (nSPS) is 10.5. The summed E-state index contributed by atoms with van der Waals surface area (Å²) in [5.41, 5.74) is 0.486. The quantitative estimate of drug-likeness (QED) is 0.494. The van der Waals surface area contributed by atoms with E-state index in [4.69, 9.17) is 21.6 Å². The summed E-state index contributed by atoms with van der Waals surface area (Å²) in [4.78, 5) is 23.1. The van der Waals surface area contributed by atoms with Gasteiger partial charge in [-0.3, -0.25) is 4.79 Å². The van der Waals surface area contributed by atoms with Crippen molar-refractivity contribution in [3.63, 3.8) is 0 Å². The summed E-state index contributed by atoms with van der Waals surface area (Å²) < 4.78 is 4.73. The first-order valence-corrected chi connectivity index (χ1v) is 6.47. The van der Waals surface area contributed by atoms with E-state index in [1.165, 1.54) is 13.2 Å². The van der Waals surface area contributed by atoms with Gasteiger partial charge in [-0.1, -0.05) is 17.7 Å². The van der Waals surface area contributed by atoms with Crippen LogP contribution in [-0.2, 0) is 9.53 Å². The number of carbonyl (C=O) groups is 2. The minimum absolute atomic E-state index is 0.171. The predicted molar refractivity (Wildman–Crippen MR) is 78.8 cm³/mol. The molecular formula is C14H14ClN3O3. The topological polar surface area (TPSA) is 91.2 Å². The van der Waals surface area contributed by atoms with E-state index < -0.39 is 5.97 Å². The molecule has 0 spiro atoms. The number of carbonyl (C=O) groups excluding carboxylic acids is 2. The molecule has 7 heteroatoms. The summed E-state index contributed by atoms with van der Waals surface area (Å²) in [6, 6.07) is 6.53. The van der Waals surface area contributed by atoms with Crippen molar-refractivity contribution in [3.8, 4) is 6.07 Å². The van der Waals surface area contributed by atoms with E-state index in [0.717, 1.165) is 0 Å². The number of hydrogen-bond acceptors (Lipinski definition) is 5. The van der Waals surface area contributed by atoms with Crippen molar-refractivity contribution < 1.29 is 14.3 Å². The molecule has 1 rings (SSSR count). The van der Waals surface area contributed by atoms with Crippen molar-refractivity contribution in [2.24, 2.45) is 0 Å². The molecule has 0 radical (unpaired) electrons. The Morgan fingerprint density at radius 2 is 2.19 bits per heavy atom. The Balaban J connectivity index is 3.01. The number of esters is 1. The lowest BCUT2D eigenvalue weighted by Gasteiger charge is -2.08. The Labute approximate surface area is 127 Å². The zero-order chi connectivity index (χ0) is 15.8. The van der Waals surface area contributed by atoms with E-state index in [-0.39, 0.29) is 28.7 Å². The van der Waals surface area contributed by atoms with Gasteiger partial charge in [0.05, 0.1) is 22.9 Å². The lowest BCUT2D eigenvalue weighted by molar-refractivity contribution is -0.138. The molecular weight excluding hydrogens is 294 g/mol. The third kappa shape index (κ3) is 4.23. The number of halogens is 1. The maximum atomic E-state index is 11.6. The largest absolute Gasteiger partial charge is 0.462 e. The van der Waals surface area contributed by atoms with E-state index in [2.05, 4.69) is 10.6 Å². The van der Waals surface area contributed by atoms with Crippen LogP contribution in [0.5, 0.6) is 0 Å². The molecule has 0 unspecified atom stereocenters. The van der Waals surface area contributed by atoms with Crippen molar-refractivity contribution in [2.45, 2.75) is 6.92 Å². The zero-order valence-corrected chi connectivity index (χ0v) is 12.3. The van der Waals surface area contributed by atoms with Crippen molar-refractivity contribution >= 4 is 29.2 Å². The van der Waals surface area contributed by atoms with E-state index in [1.54, 1.807) is 31.2 Å². The molecule has 110 valence electrons. The summed E-state index contributed by atoms with van der Waals surface area (Å²) in [5, 5.41) is 14.3. The van der Waals surface area contributed by atoms with E-state index >= 15 is 0 Å². The molecule has 0 aromatic heterocycles. The number of nitrogens with zero attached hydrogens (tertiary/aromatic N) is 1. The highest BCUT2D eigenvalue weighted by atomic mass is 35.5. The number of amides is 1. The van der Waals surface area contributed by atoms with Crippen LogP contribution in [0.2, 0.25) is 5.02 Å². The van der Waals surface area contributed by atoms with Crippen LogP contribution in [0.15, 0.2) is 30.0 Å². The number of nitrogens with one attached hydrogen (secondary N) is 2. The molecule has 0 fully saturated rings. The average molecular weight is 308 g/mol. The second-order valence-corrected chi connectivity index (χ2v) is 4.16. The van der Waals surface area contributed by atoms with Crippen LogP contribution in [0, 0.1) is 11.3 Å². The molecule has 0 heterocycles. The monoisotopic (exact) mass is 307 g/mol. The molecule has 0 aliphatic carbocycles. The van der Waals surface area contributed by atoms with Crippen LogP contribution in [0.3, 0.4) is 0 Å². The van der Waals surface area contributed by atoms with Gasteiger partial charge in [0.25, 0.3) is 5.91 Å². The van der Waals surface area contributed by atoms with E-state index in [1.807, 2.05) is 0 Å². The highest BCUT2D eigenvalue weighted by Gasteiger charge is 2.13. The van der Waals surface area contributed by atoms with Crippen molar-refractivity contribution in [3.05, 3.63) is 40.6 Å². The van der Waals surface area contributed by atoms with Gasteiger partial charge >= 0.3 is 5.97 Å². The Morgan fingerprint density at radius 3 is 2.76 bits per heavy atom. The minimum atomic E-state index is -0.730. The summed E-state index contributed by atoms with van der Waals surface area (Å²) in [6.07, 6.45) is 1.19. The van der Waals surface area contributed by atoms with Crippen LogP contribution in [0.4, 0.5) is 5.69 Å². The average Bonchev–Trinajstić information content (AvgIpc) is 2.49. The van der Waals surface area contributed by atoms with Gasteiger partial charge in [-0.25, -0.2) is 4.79 Å². The summed E-state index contributed by atoms with van der Waals surface area (Å²) >= 11 is 6.10. The number of benzene rings is 1. The smallest absolute Gasteiger partial charge is 0.350 e. The predicted octanol–water partition coefficient (Wildman–Crippen LogP) is 2.08. The summed E-state index contributed by atoms with van der Waals surface area (Å²) in [6.45, 7) is 1.81. The maximum absolute atomic E-state index is 11.6. The van der Waals surface area contributed by atoms with Gasteiger partial charge in [0, 0.05) is 13.2 Å². The Bertz CT molecular complexity index is 620. The van der Waals surface area contributed by atoms with Crippen LogP contribution in [0.1, 0.15) is 17.3 Å². The maximum Gasteiger partial charge on any atom is 0.350 e. The third-order valence-corrected chi connectivity index (χ3v) is 2.87. The molecule has 1 aromatic rings. The molecule has 1 amide bonds. The SMILES string of the molecule is CCOC(=O)C(C#N)=CNc1cccc(C(=O)NC)c1Cl. The van der Waals surface area contributed by atoms with Gasteiger partial charge in [0.1, 0.15) is 6.07 Å². The Morgan fingerprint density at radius 1 is 1.48 bits per heavy atom. The zero-order valence-electron chi connectivity index (χ0n) is 11.6. The van der Waals surface area contributed by atoms with Crippen LogP contribution >= 0.6 is 11.6 Å². The van der Waals surface area contributed by atoms with Crippen molar-refractivity contribution in [1.29, 1.82) is 5.26 Å². The first-order chi connectivity index (χ1) is 10.0. The molecule has 0 saturated carbocycles. The van der Waals surface area contributed by atoms with E-state index in [9.17, 15) is 9.59 Å². The molecule has 0 saturated heterocycles. The summed E-state index contributed by atoms with van der Waals surface area (Å²) in [7, 11) is 1.49. The number of nitriles is 1. The van der Waals surface area contributed by atoms with Gasteiger partial charge in [-0.2, -0.15) is 5.26 Å². The first-order valence-electron chi connectivity index (χ1n) is 6.09. The minimum Gasteiger partial charge on any atom is -0.462 e. The molecule has 0 bridgehead atoms. The third-order valence-electron chi connectivity index (χ3n) is 2.46. The lowest BCUT2D eigenvalue weighted by Crippen LogP contribution is -2.18. The fourth-order valence-corrected chi connectivity index (χ4v) is 1.72. The fourth-order valence-electron chi connectivity index (χ4n) is 1.45. The Hall–Kier alpha value is -2.52. The molecule has 0 aliphatic rings. The molecule has 0 atom stereocenters. The summed E-state index contributed by atoms with van der Waals surface area (Å²) in [5.74, 6) is -1.07. The number of ether oxygens (including phenoxy) is 1. The fraction of sp³-hybridized carbons (Fsp3) is 0.214. The molecule has 6 nitrogen and oxygen atoms in total. The highest BCUT2D eigenvalue weighted by molar-refractivity contribution is 6.36. The standard InChI is InChI=1S/C14H14ClN3O3/c1-3-21-14(20)9(7-16)8-18-11-6-4-5-10(12(11)15)13(19)17-2/h4-6,8,18H,3H2,1-2H3,(H,17,19). The molecule has 2 N–H and O–H groups in total. The number of hydrogen-bond donors (Lipinski definition) is 2. The van der Waals surface area contributed by atoms with Gasteiger partial charge in [0.2, 0.25) is 0 Å². The van der Waals surface area contributed by atoms with Crippen molar-refractivity contribution in [1.82, 2.24) is 5.32 Å². The van der Waals surface area contributed by atoms with Crippen molar-refractivity contribution in [2.75, 3.05) is 19.0 Å². The Kier molecular flexibility index (Phi) is 6.24. The first kappa shape index (κ1) is 16.5. The highest BCUT2D eigenvalue weighted by Crippen LogP contribution is 2.26. The molecule has 1 aromatic carbocycles. The number of rotatable bonds is 5. The lowest BCUT2D eigenvalue weighted by atomic mass is 10.2. The molecule has 0 aliphatic heterocycles. The van der Waals surface area contributed by atoms with Gasteiger partial charge < -0.3 is 15.4 Å². The second kappa shape index (κ2) is 7.92. The van der Waals surface area contributed by atoms with E-state index in [0.29, 0.717) is 5.69 Å². The van der Waals surface area contributed by atoms with Gasteiger partial charge in [-0.05, 0) is 19.1 Å².